The number of benzene rings is 2. The number of fused-ring (bicyclic) bond motifs is 1. The Morgan fingerprint density at radius 2 is 1.46 bits per heavy atom. The van der Waals surface area contributed by atoms with Crippen LogP contribution in [-0.2, 0) is 6.42 Å². The van der Waals surface area contributed by atoms with Crippen molar-refractivity contribution >= 4 is 11.4 Å². The van der Waals surface area contributed by atoms with E-state index >= 15 is 0 Å². The van der Waals surface area contributed by atoms with Gasteiger partial charge in [-0.25, -0.2) is 0 Å². The van der Waals surface area contributed by atoms with Crippen molar-refractivity contribution in [3.05, 3.63) is 88.5 Å². The van der Waals surface area contributed by atoms with Gasteiger partial charge < -0.3 is 0 Å². The zero-order valence-electron chi connectivity index (χ0n) is 13.9. The van der Waals surface area contributed by atoms with E-state index < -0.39 is 0 Å². The molecule has 2 aromatic carbocycles. The first-order valence-corrected chi connectivity index (χ1v) is 8.93. The minimum atomic E-state index is 0.203. The number of carbonyl (C=O) groups is 1. The van der Waals surface area contributed by atoms with Gasteiger partial charge in [0.1, 0.15) is 0 Å². The van der Waals surface area contributed by atoms with Crippen LogP contribution in [0, 0.1) is 0 Å². The molecule has 2 aliphatic carbocycles. The van der Waals surface area contributed by atoms with Crippen LogP contribution in [0.5, 0.6) is 0 Å². The Labute approximate surface area is 143 Å². The van der Waals surface area contributed by atoms with Gasteiger partial charge in [0, 0.05) is 11.1 Å². The van der Waals surface area contributed by atoms with Crippen LogP contribution in [-0.4, -0.2) is 5.78 Å². The highest BCUT2D eigenvalue weighted by atomic mass is 16.1. The lowest BCUT2D eigenvalue weighted by Gasteiger charge is -2.14. The smallest absolute Gasteiger partial charge is 0.193 e. The van der Waals surface area contributed by atoms with Crippen molar-refractivity contribution in [3.63, 3.8) is 0 Å². The molecule has 1 saturated carbocycles. The SMILES string of the molecule is O=C1C(C=C2CCCCC2)=C(Cc2ccccc2)c2ccccc21. The van der Waals surface area contributed by atoms with Crippen LogP contribution in [0.3, 0.4) is 0 Å². The van der Waals surface area contributed by atoms with Gasteiger partial charge in [-0.15, -0.1) is 0 Å². The van der Waals surface area contributed by atoms with Gasteiger partial charge in [-0.3, -0.25) is 4.79 Å². The van der Waals surface area contributed by atoms with Crippen molar-refractivity contribution < 1.29 is 4.79 Å². The van der Waals surface area contributed by atoms with Crippen molar-refractivity contribution in [1.82, 2.24) is 0 Å². The average molecular weight is 314 g/mol. The maximum atomic E-state index is 13.0. The molecule has 0 bridgehead atoms. The molecule has 0 radical (unpaired) electrons. The van der Waals surface area contributed by atoms with Gasteiger partial charge >= 0.3 is 0 Å². The second-order valence-electron chi connectivity index (χ2n) is 6.79. The van der Waals surface area contributed by atoms with Crippen LogP contribution in [0.4, 0.5) is 0 Å². The van der Waals surface area contributed by atoms with Crippen LogP contribution >= 0.6 is 0 Å². The molecule has 1 heteroatoms. The molecular formula is C23H22O. The maximum Gasteiger partial charge on any atom is 0.193 e. The molecule has 0 aromatic heterocycles. The molecule has 24 heavy (non-hydrogen) atoms. The Morgan fingerprint density at radius 3 is 2.21 bits per heavy atom. The number of allylic oxidation sites excluding steroid dienone is 4. The highest BCUT2D eigenvalue weighted by molar-refractivity contribution is 6.22. The first-order chi connectivity index (χ1) is 11.8. The van der Waals surface area contributed by atoms with E-state index in [9.17, 15) is 4.79 Å². The summed E-state index contributed by atoms with van der Waals surface area (Å²) in [5, 5.41) is 0. The van der Waals surface area contributed by atoms with Crippen LogP contribution in [0.2, 0.25) is 0 Å². The van der Waals surface area contributed by atoms with Gasteiger partial charge in [-0.2, -0.15) is 0 Å². The molecule has 0 saturated heterocycles. The quantitative estimate of drug-likeness (QED) is 0.703. The molecular weight excluding hydrogens is 292 g/mol. The Bertz CT molecular complexity index is 816. The molecule has 4 rings (SSSR count). The molecule has 2 aliphatic rings. The molecule has 0 atom stereocenters. The Hall–Kier alpha value is -2.41. The molecule has 0 aliphatic heterocycles. The summed E-state index contributed by atoms with van der Waals surface area (Å²) < 4.78 is 0. The van der Waals surface area contributed by atoms with Crippen LogP contribution in [0.1, 0.15) is 53.6 Å². The van der Waals surface area contributed by atoms with E-state index in [2.05, 4.69) is 36.4 Å². The molecule has 1 fully saturated rings. The van der Waals surface area contributed by atoms with Gasteiger partial charge in [0.05, 0.1) is 0 Å². The highest BCUT2D eigenvalue weighted by Crippen LogP contribution is 2.37. The lowest BCUT2D eigenvalue weighted by atomic mass is 9.91. The molecule has 1 nitrogen and oxygen atoms in total. The summed E-state index contributed by atoms with van der Waals surface area (Å²) in [5.41, 5.74) is 6.82. The van der Waals surface area contributed by atoms with E-state index in [4.69, 9.17) is 0 Å². The van der Waals surface area contributed by atoms with E-state index in [0.29, 0.717) is 0 Å². The molecule has 0 amide bonds. The molecule has 2 aromatic rings. The summed E-state index contributed by atoms with van der Waals surface area (Å²) in [4.78, 5) is 13.0. The fourth-order valence-corrected chi connectivity index (χ4v) is 3.87. The minimum absolute atomic E-state index is 0.203. The van der Waals surface area contributed by atoms with E-state index in [0.717, 1.165) is 36.0 Å². The van der Waals surface area contributed by atoms with Crippen LogP contribution < -0.4 is 0 Å². The lowest BCUT2D eigenvalue weighted by Crippen LogP contribution is -2.00. The van der Waals surface area contributed by atoms with Crippen molar-refractivity contribution in [2.45, 2.75) is 38.5 Å². The third-order valence-corrected chi connectivity index (χ3v) is 5.13. The summed E-state index contributed by atoms with van der Waals surface area (Å²) >= 11 is 0. The summed E-state index contributed by atoms with van der Waals surface area (Å²) in [7, 11) is 0. The highest BCUT2D eigenvalue weighted by Gasteiger charge is 2.28. The number of carbonyl (C=O) groups excluding carboxylic acids is 1. The number of rotatable bonds is 3. The van der Waals surface area contributed by atoms with Crippen LogP contribution in [0.25, 0.3) is 5.57 Å². The molecule has 0 unspecified atom stereocenters. The van der Waals surface area contributed by atoms with Crippen molar-refractivity contribution in [1.29, 1.82) is 0 Å². The monoisotopic (exact) mass is 314 g/mol. The largest absolute Gasteiger partial charge is 0.289 e. The normalized spacial score (nSPS) is 17.2. The van der Waals surface area contributed by atoms with E-state index in [1.807, 2.05) is 24.3 Å². The first kappa shape index (κ1) is 15.1. The number of Topliss-reactive ketones (excluding diaryl/α,β-unsaturated/α-hetero) is 1. The van der Waals surface area contributed by atoms with Gasteiger partial charge in [-0.05, 0) is 48.8 Å². The van der Waals surface area contributed by atoms with Gasteiger partial charge in [0.2, 0.25) is 0 Å². The van der Waals surface area contributed by atoms with Crippen molar-refractivity contribution in [2.75, 3.05) is 0 Å². The van der Waals surface area contributed by atoms with Crippen molar-refractivity contribution in [3.8, 4) is 0 Å². The second kappa shape index (κ2) is 6.60. The topological polar surface area (TPSA) is 17.1 Å². The van der Waals surface area contributed by atoms with Gasteiger partial charge in [-0.1, -0.05) is 72.7 Å². The van der Waals surface area contributed by atoms with E-state index in [1.165, 1.54) is 36.0 Å². The van der Waals surface area contributed by atoms with Crippen molar-refractivity contribution in [2.24, 2.45) is 0 Å². The second-order valence-corrected chi connectivity index (χ2v) is 6.79. The van der Waals surface area contributed by atoms with E-state index in [-0.39, 0.29) is 5.78 Å². The summed E-state index contributed by atoms with van der Waals surface area (Å²) in [6.07, 6.45) is 9.16. The van der Waals surface area contributed by atoms with E-state index in [1.54, 1.807) is 0 Å². The Kier molecular flexibility index (Phi) is 4.17. The lowest BCUT2D eigenvalue weighted by molar-refractivity contribution is 0.104. The van der Waals surface area contributed by atoms with Crippen LogP contribution in [0.15, 0.2) is 71.8 Å². The minimum Gasteiger partial charge on any atom is -0.289 e. The number of hydrogen-bond donors (Lipinski definition) is 0. The summed E-state index contributed by atoms with van der Waals surface area (Å²) in [5.74, 6) is 0.203. The number of hydrogen-bond acceptors (Lipinski definition) is 1. The zero-order valence-corrected chi connectivity index (χ0v) is 13.9. The predicted octanol–water partition coefficient (Wildman–Crippen LogP) is 5.77. The molecule has 0 spiro atoms. The molecule has 0 heterocycles. The standard InChI is InChI=1S/C23H22O/c24-23-20-14-8-7-13-19(20)21(15-17-9-3-1-4-10-17)22(23)16-18-11-5-2-6-12-18/h1,3-4,7-10,13-14,16H,2,5-6,11-12,15H2. The third-order valence-electron chi connectivity index (χ3n) is 5.13. The molecule has 0 N–H and O–H groups in total. The maximum absolute atomic E-state index is 13.0. The third kappa shape index (κ3) is 2.87. The molecule has 120 valence electrons. The zero-order chi connectivity index (χ0) is 16.4. The fraction of sp³-hybridized carbons (Fsp3) is 0.261. The summed E-state index contributed by atoms with van der Waals surface area (Å²) in [6.45, 7) is 0. The summed E-state index contributed by atoms with van der Waals surface area (Å²) in [6, 6.07) is 18.5. The Morgan fingerprint density at radius 1 is 0.792 bits per heavy atom. The predicted molar refractivity (Wildman–Crippen MR) is 99.0 cm³/mol. The average Bonchev–Trinajstić information content (AvgIpc) is 2.90. The Balaban J connectivity index is 1.78. The first-order valence-electron chi connectivity index (χ1n) is 8.93. The van der Waals surface area contributed by atoms with Gasteiger partial charge in [0.25, 0.3) is 0 Å². The van der Waals surface area contributed by atoms with Gasteiger partial charge in [0.15, 0.2) is 5.78 Å². The fourth-order valence-electron chi connectivity index (χ4n) is 3.87. The number of ketones is 1.